The first-order valence-corrected chi connectivity index (χ1v) is 7.02. The number of hydrogen-bond acceptors (Lipinski definition) is 5. The van der Waals surface area contributed by atoms with E-state index in [1.165, 1.54) is 18.0 Å². The van der Waals surface area contributed by atoms with Crippen molar-refractivity contribution in [2.24, 2.45) is 0 Å². The lowest BCUT2D eigenvalue weighted by Gasteiger charge is -2.10. The second kappa shape index (κ2) is 6.56. The Morgan fingerprint density at radius 1 is 1.55 bits per heavy atom. The molecule has 2 aromatic rings. The molecule has 0 spiro atoms. The summed E-state index contributed by atoms with van der Waals surface area (Å²) in [5.74, 6) is -0.165. The second-order valence-electron chi connectivity index (χ2n) is 4.51. The Balaban J connectivity index is 2.12. The number of nitro groups is 1. The van der Waals surface area contributed by atoms with E-state index in [-0.39, 0.29) is 22.7 Å². The van der Waals surface area contributed by atoms with E-state index in [2.05, 4.69) is 26.3 Å². The molecule has 8 nitrogen and oxygen atoms in total. The quantitative estimate of drug-likeness (QED) is 0.645. The van der Waals surface area contributed by atoms with Crippen molar-refractivity contribution >= 4 is 33.3 Å². The summed E-state index contributed by atoms with van der Waals surface area (Å²) < 4.78 is 6.59. The molecule has 0 radical (unpaired) electrons. The zero-order chi connectivity index (χ0) is 16.3. The van der Waals surface area contributed by atoms with Crippen LogP contribution >= 0.6 is 15.9 Å². The van der Waals surface area contributed by atoms with Crippen molar-refractivity contribution in [3.05, 3.63) is 44.5 Å². The van der Waals surface area contributed by atoms with Crippen molar-refractivity contribution < 1.29 is 14.5 Å². The van der Waals surface area contributed by atoms with Crippen LogP contribution in [0.3, 0.4) is 0 Å². The number of aryl methyl sites for hydroxylation is 1. The van der Waals surface area contributed by atoms with Crippen molar-refractivity contribution in [2.75, 3.05) is 12.4 Å². The highest BCUT2D eigenvalue weighted by atomic mass is 79.9. The number of anilines is 1. The van der Waals surface area contributed by atoms with Crippen LogP contribution in [-0.4, -0.2) is 27.7 Å². The fourth-order valence-corrected chi connectivity index (χ4v) is 2.31. The largest absolute Gasteiger partial charge is 0.495 e. The third-order valence-electron chi connectivity index (χ3n) is 2.81. The number of carbonyl (C=O) groups is 1. The summed E-state index contributed by atoms with van der Waals surface area (Å²) in [7, 11) is 1.51. The van der Waals surface area contributed by atoms with Crippen LogP contribution < -0.4 is 10.1 Å². The summed E-state index contributed by atoms with van der Waals surface area (Å²) in [6, 6.07) is 5.39. The van der Waals surface area contributed by atoms with Gasteiger partial charge in [0.1, 0.15) is 16.8 Å². The lowest BCUT2D eigenvalue weighted by molar-refractivity contribution is -0.390. The number of carbonyl (C=O) groups excluding carboxylic acids is 1. The number of methoxy groups -OCH3 is 1. The van der Waals surface area contributed by atoms with E-state index in [1.807, 2.05) is 13.0 Å². The number of benzene rings is 1. The summed E-state index contributed by atoms with van der Waals surface area (Å²) in [4.78, 5) is 22.1. The zero-order valence-electron chi connectivity index (χ0n) is 11.9. The van der Waals surface area contributed by atoms with Gasteiger partial charge in [-0.2, -0.15) is 4.68 Å². The van der Waals surface area contributed by atoms with Crippen molar-refractivity contribution in [1.29, 1.82) is 0 Å². The highest BCUT2D eigenvalue weighted by molar-refractivity contribution is 9.10. The Morgan fingerprint density at radius 2 is 2.27 bits per heavy atom. The maximum absolute atomic E-state index is 12.0. The number of amides is 1. The molecule has 22 heavy (non-hydrogen) atoms. The van der Waals surface area contributed by atoms with Crippen molar-refractivity contribution in [3.63, 3.8) is 0 Å². The lowest BCUT2D eigenvalue weighted by Crippen LogP contribution is -2.19. The minimum atomic E-state index is -0.623. The van der Waals surface area contributed by atoms with Gasteiger partial charge in [0.2, 0.25) is 5.91 Å². The molecule has 0 aliphatic heterocycles. The average molecular weight is 369 g/mol. The van der Waals surface area contributed by atoms with Crippen molar-refractivity contribution in [3.8, 4) is 5.75 Å². The van der Waals surface area contributed by atoms with E-state index in [0.29, 0.717) is 11.4 Å². The molecule has 2 rings (SSSR count). The van der Waals surface area contributed by atoms with Gasteiger partial charge < -0.3 is 20.2 Å². The molecular weight excluding hydrogens is 356 g/mol. The van der Waals surface area contributed by atoms with E-state index in [0.717, 1.165) is 5.56 Å². The van der Waals surface area contributed by atoms with Gasteiger partial charge in [-0.1, -0.05) is 6.07 Å². The number of nitrogens with one attached hydrogen (secondary N) is 1. The maximum Gasteiger partial charge on any atom is 0.404 e. The van der Waals surface area contributed by atoms with Gasteiger partial charge in [0.25, 0.3) is 0 Å². The number of ether oxygens (including phenoxy) is 1. The number of nitrogens with zero attached hydrogens (tertiary/aromatic N) is 3. The summed E-state index contributed by atoms with van der Waals surface area (Å²) in [6.45, 7) is 1.74. The van der Waals surface area contributed by atoms with Crippen LogP contribution in [-0.2, 0) is 11.3 Å². The molecule has 0 aliphatic carbocycles. The predicted octanol–water partition coefficient (Wildman–Crippen LogP) is 2.51. The molecule has 0 aliphatic rings. The van der Waals surface area contributed by atoms with Gasteiger partial charge in [-0.15, -0.1) is 0 Å². The van der Waals surface area contributed by atoms with Crippen LogP contribution in [0.2, 0.25) is 0 Å². The first kappa shape index (κ1) is 16.0. The third-order valence-corrected chi connectivity index (χ3v) is 3.37. The van der Waals surface area contributed by atoms with Gasteiger partial charge in [0.05, 0.1) is 24.1 Å². The van der Waals surface area contributed by atoms with Crippen molar-refractivity contribution in [2.45, 2.75) is 13.5 Å². The average Bonchev–Trinajstić information content (AvgIpc) is 2.79. The van der Waals surface area contributed by atoms with E-state index in [1.54, 1.807) is 12.1 Å². The summed E-state index contributed by atoms with van der Waals surface area (Å²) in [6.07, 6.45) is 1.38. The van der Waals surface area contributed by atoms with E-state index < -0.39 is 4.92 Å². The van der Waals surface area contributed by atoms with Gasteiger partial charge in [0.15, 0.2) is 0 Å². The van der Waals surface area contributed by atoms with Crippen molar-refractivity contribution in [1.82, 2.24) is 9.78 Å². The van der Waals surface area contributed by atoms with E-state index in [4.69, 9.17) is 4.74 Å². The van der Waals surface area contributed by atoms with Crippen LogP contribution in [0.1, 0.15) is 5.56 Å². The molecule has 9 heteroatoms. The van der Waals surface area contributed by atoms with Crippen LogP contribution in [0.5, 0.6) is 5.75 Å². The van der Waals surface area contributed by atoms with Gasteiger partial charge in [-0.3, -0.25) is 4.79 Å². The first-order chi connectivity index (χ1) is 10.4. The predicted molar refractivity (Wildman–Crippen MR) is 82.9 cm³/mol. The molecule has 1 aromatic carbocycles. The molecule has 1 amide bonds. The number of halogens is 1. The van der Waals surface area contributed by atoms with E-state index >= 15 is 0 Å². The standard InChI is InChI=1S/C13H13BrN4O4/c1-8-3-4-11(22-2)10(5-8)15-12(19)7-17-6-9(14)13(16-17)18(20)21/h3-6H,7H2,1-2H3,(H,15,19). The van der Waals surface area contributed by atoms with Gasteiger partial charge >= 0.3 is 5.82 Å². The Kier molecular flexibility index (Phi) is 4.76. The van der Waals surface area contributed by atoms with Crippen LogP contribution in [0.15, 0.2) is 28.9 Å². The Labute approximate surface area is 134 Å². The smallest absolute Gasteiger partial charge is 0.404 e. The molecule has 0 saturated heterocycles. The molecule has 0 fully saturated rings. The molecular formula is C13H13BrN4O4. The second-order valence-corrected chi connectivity index (χ2v) is 5.36. The minimum absolute atomic E-state index is 0.149. The summed E-state index contributed by atoms with van der Waals surface area (Å²) >= 11 is 3.03. The number of rotatable bonds is 5. The minimum Gasteiger partial charge on any atom is -0.495 e. The summed E-state index contributed by atoms with van der Waals surface area (Å²) in [5.41, 5.74) is 1.50. The Morgan fingerprint density at radius 3 is 2.86 bits per heavy atom. The Bertz CT molecular complexity index is 729. The monoisotopic (exact) mass is 368 g/mol. The van der Waals surface area contributed by atoms with Gasteiger partial charge in [-0.25, -0.2) is 0 Å². The first-order valence-electron chi connectivity index (χ1n) is 6.22. The molecule has 0 unspecified atom stereocenters. The van der Waals surface area contributed by atoms with E-state index in [9.17, 15) is 14.9 Å². The van der Waals surface area contributed by atoms with Crippen LogP contribution in [0.4, 0.5) is 11.5 Å². The number of hydrogen-bond donors (Lipinski definition) is 1. The molecule has 0 saturated carbocycles. The zero-order valence-corrected chi connectivity index (χ0v) is 13.5. The molecule has 1 N–H and O–H groups in total. The number of aromatic nitrogens is 2. The van der Waals surface area contributed by atoms with Crippen LogP contribution in [0.25, 0.3) is 0 Å². The molecule has 0 atom stereocenters. The SMILES string of the molecule is COc1ccc(C)cc1NC(=O)Cn1cc(Br)c([N+](=O)[O-])n1. The summed E-state index contributed by atoms with van der Waals surface area (Å²) in [5, 5.41) is 17.1. The molecule has 0 bridgehead atoms. The molecule has 1 heterocycles. The highest BCUT2D eigenvalue weighted by Crippen LogP contribution is 2.25. The van der Waals surface area contributed by atoms with Gasteiger partial charge in [-0.05, 0) is 45.5 Å². The topological polar surface area (TPSA) is 99.3 Å². The lowest BCUT2D eigenvalue weighted by atomic mass is 10.2. The van der Waals surface area contributed by atoms with Crippen LogP contribution in [0, 0.1) is 17.0 Å². The fourth-order valence-electron chi connectivity index (χ4n) is 1.85. The molecule has 116 valence electrons. The highest BCUT2D eigenvalue weighted by Gasteiger charge is 2.20. The fraction of sp³-hybridized carbons (Fsp3) is 0.231. The normalized spacial score (nSPS) is 10.3. The van der Waals surface area contributed by atoms with Gasteiger partial charge in [0, 0.05) is 0 Å². The molecule has 1 aromatic heterocycles. The third kappa shape index (κ3) is 3.61. The Hall–Kier alpha value is -2.42. The maximum atomic E-state index is 12.0.